The molecule has 0 bridgehead atoms. The zero-order valence-corrected chi connectivity index (χ0v) is 16.2. The summed E-state index contributed by atoms with van der Waals surface area (Å²) in [5.74, 6) is 0.812. The molecule has 0 saturated carbocycles. The molecule has 4 nitrogen and oxygen atoms in total. The lowest BCUT2D eigenvalue weighted by Gasteiger charge is -2.05. The molecular formula is C20H12Cl2N4S. The molecule has 0 spiro atoms. The highest BCUT2D eigenvalue weighted by Crippen LogP contribution is 2.45. The van der Waals surface area contributed by atoms with E-state index in [0.717, 1.165) is 43.3 Å². The van der Waals surface area contributed by atoms with Crippen LogP contribution in [0.1, 0.15) is 0 Å². The summed E-state index contributed by atoms with van der Waals surface area (Å²) in [4.78, 5) is 17.3. The zero-order valence-electron chi connectivity index (χ0n) is 13.8. The lowest BCUT2D eigenvalue weighted by atomic mass is 10.0. The minimum absolute atomic E-state index is 0.612. The summed E-state index contributed by atoms with van der Waals surface area (Å²) < 4.78 is 0. The van der Waals surface area contributed by atoms with Crippen LogP contribution >= 0.6 is 34.5 Å². The first-order valence-corrected chi connectivity index (χ1v) is 9.79. The van der Waals surface area contributed by atoms with Crippen LogP contribution in [0.2, 0.25) is 10.0 Å². The highest BCUT2D eigenvalue weighted by atomic mass is 35.5. The molecule has 0 aliphatic rings. The molecule has 4 heterocycles. The number of imidazole rings is 1. The normalized spacial score (nSPS) is 11.3. The summed E-state index contributed by atoms with van der Waals surface area (Å²) in [6.45, 7) is 0. The van der Waals surface area contributed by atoms with Gasteiger partial charge in [-0.25, -0.2) is 9.97 Å². The van der Waals surface area contributed by atoms with Gasteiger partial charge in [-0.3, -0.25) is 0 Å². The molecule has 4 aromatic heterocycles. The van der Waals surface area contributed by atoms with Crippen LogP contribution in [0.25, 0.3) is 43.3 Å². The first-order chi connectivity index (χ1) is 13.2. The van der Waals surface area contributed by atoms with Crippen molar-refractivity contribution in [2.24, 2.45) is 0 Å². The molecule has 0 amide bonds. The summed E-state index contributed by atoms with van der Waals surface area (Å²) in [7, 11) is 0. The minimum Gasteiger partial charge on any atom is -0.346 e. The van der Waals surface area contributed by atoms with Gasteiger partial charge in [0, 0.05) is 61.8 Å². The quantitative estimate of drug-likeness (QED) is 0.349. The number of hydrogen-bond donors (Lipinski definition) is 2. The van der Waals surface area contributed by atoms with Crippen molar-refractivity contribution in [1.29, 1.82) is 0 Å². The van der Waals surface area contributed by atoms with E-state index in [2.05, 4.69) is 26.0 Å². The molecule has 0 saturated heterocycles. The minimum atomic E-state index is 0.612. The van der Waals surface area contributed by atoms with Crippen LogP contribution in [0, 0.1) is 0 Å². The molecule has 0 aliphatic heterocycles. The van der Waals surface area contributed by atoms with Crippen LogP contribution in [0.3, 0.4) is 0 Å². The molecular weight excluding hydrogens is 399 g/mol. The molecule has 132 valence electrons. The lowest BCUT2D eigenvalue weighted by molar-refractivity contribution is 1.33. The van der Waals surface area contributed by atoms with E-state index in [1.165, 1.54) is 0 Å². The van der Waals surface area contributed by atoms with Crippen LogP contribution in [0.15, 0.2) is 61.2 Å². The zero-order chi connectivity index (χ0) is 18.4. The highest BCUT2D eigenvalue weighted by molar-refractivity contribution is 7.19. The van der Waals surface area contributed by atoms with Crippen LogP contribution in [-0.4, -0.2) is 19.9 Å². The highest BCUT2D eigenvalue weighted by Gasteiger charge is 2.19. The predicted molar refractivity (Wildman–Crippen MR) is 112 cm³/mol. The second-order valence-electron chi connectivity index (χ2n) is 6.01. The Kier molecular flexibility index (Phi) is 4.01. The van der Waals surface area contributed by atoms with Gasteiger partial charge < -0.3 is 9.97 Å². The lowest BCUT2D eigenvalue weighted by Crippen LogP contribution is -1.82. The Morgan fingerprint density at radius 1 is 0.815 bits per heavy atom. The summed E-state index contributed by atoms with van der Waals surface area (Å²) in [6, 6.07) is 11.8. The molecule has 1 aromatic carbocycles. The molecule has 0 aliphatic carbocycles. The molecule has 27 heavy (non-hydrogen) atoms. The first kappa shape index (κ1) is 16.6. The number of H-pyrrole nitrogens is 2. The summed E-state index contributed by atoms with van der Waals surface area (Å²) in [5.41, 5.74) is 3.93. The second kappa shape index (κ2) is 6.53. The van der Waals surface area contributed by atoms with Gasteiger partial charge in [-0.1, -0.05) is 29.3 Å². The molecule has 5 rings (SSSR count). The number of aromatic amines is 2. The van der Waals surface area contributed by atoms with Crippen LogP contribution in [0.4, 0.5) is 0 Å². The third kappa shape index (κ3) is 2.84. The summed E-state index contributed by atoms with van der Waals surface area (Å²) in [5, 5.41) is 2.31. The van der Waals surface area contributed by atoms with Crippen molar-refractivity contribution in [3.8, 4) is 32.3 Å². The number of nitrogens with one attached hydrogen (secondary N) is 2. The Balaban J connectivity index is 1.77. The average Bonchev–Trinajstić information content (AvgIpc) is 3.40. The molecule has 5 aromatic rings. The molecule has 0 fully saturated rings. The Morgan fingerprint density at radius 2 is 1.74 bits per heavy atom. The Bertz CT molecular complexity index is 1250. The smallest absolute Gasteiger partial charge is 0.148 e. The van der Waals surface area contributed by atoms with Gasteiger partial charge in [0.2, 0.25) is 0 Å². The van der Waals surface area contributed by atoms with E-state index in [1.54, 1.807) is 23.6 Å². The number of halogens is 2. The number of aromatic nitrogens is 4. The molecule has 0 atom stereocenters. The molecule has 0 radical (unpaired) electrons. The van der Waals surface area contributed by atoms with Gasteiger partial charge in [0.15, 0.2) is 0 Å². The second-order valence-corrected chi connectivity index (χ2v) is 7.91. The third-order valence-electron chi connectivity index (χ3n) is 4.39. The van der Waals surface area contributed by atoms with Crippen molar-refractivity contribution in [2.45, 2.75) is 0 Å². The summed E-state index contributed by atoms with van der Waals surface area (Å²) in [6.07, 6.45) is 7.28. The van der Waals surface area contributed by atoms with E-state index in [1.807, 2.05) is 42.9 Å². The van der Waals surface area contributed by atoms with Crippen molar-refractivity contribution in [1.82, 2.24) is 19.9 Å². The Morgan fingerprint density at radius 3 is 2.56 bits per heavy atom. The fourth-order valence-electron chi connectivity index (χ4n) is 3.17. The number of fused-ring (bicyclic) bond motifs is 1. The number of rotatable bonds is 3. The fourth-order valence-corrected chi connectivity index (χ4v) is 4.85. The average molecular weight is 411 g/mol. The SMILES string of the molecule is Clc1ccc(-c2cc(-c3ccnc4[nH]ccc34)sc2-c2ncc[nH]2)c(Cl)c1. The Hall–Kier alpha value is -2.60. The molecule has 0 unspecified atom stereocenters. The van der Waals surface area contributed by atoms with Gasteiger partial charge in [-0.2, -0.15) is 0 Å². The van der Waals surface area contributed by atoms with E-state index in [0.29, 0.717) is 10.0 Å². The standard InChI is InChI=1S/C20H12Cl2N4S/c21-11-1-2-12(16(22)9-11)15-10-17(27-18(15)20-25-7-8-26-20)13-3-5-23-19-14(13)4-6-24-19/h1-10H,(H,23,24)(H,25,26). The van der Waals surface area contributed by atoms with Crippen molar-refractivity contribution in [2.75, 3.05) is 0 Å². The number of pyridine rings is 1. The van der Waals surface area contributed by atoms with Crippen LogP contribution in [-0.2, 0) is 0 Å². The maximum absolute atomic E-state index is 6.50. The van der Waals surface area contributed by atoms with E-state index >= 15 is 0 Å². The van der Waals surface area contributed by atoms with Crippen molar-refractivity contribution >= 4 is 45.6 Å². The first-order valence-electron chi connectivity index (χ1n) is 8.22. The van der Waals surface area contributed by atoms with E-state index < -0.39 is 0 Å². The molecule has 7 heteroatoms. The summed E-state index contributed by atoms with van der Waals surface area (Å²) >= 11 is 14.3. The molecule has 2 N–H and O–H groups in total. The van der Waals surface area contributed by atoms with Gasteiger partial charge >= 0.3 is 0 Å². The van der Waals surface area contributed by atoms with E-state index in [9.17, 15) is 0 Å². The van der Waals surface area contributed by atoms with Gasteiger partial charge in [0.05, 0.1) is 4.88 Å². The number of nitrogens with zero attached hydrogens (tertiary/aromatic N) is 2. The maximum atomic E-state index is 6.50. The van der Waals surface area contributed by atoms with Crippen molar-refractivity contribution in [3.05, 3.63) is 71.2 Å². The maximum Gasteiger partial charge on any atom is 0.148 e. The topological polar surface area (TPSA) is 57.4 Å². The fraction of sp³-hybridized carbons (Fsp3) is 0. The van der Waals surface area contributed by atoms with Gasteiger partial charge in [0.25, 0.3) is 0 Å². The van der Waals surface area contributed by atoms with Crippen LogP contribution in [0.5, 0.6) is 0 Å². The van der Waals surface area contributed by atoms with Gasteiger partial charge in [-0.15, -0.1) is 11.3 Å². The van der Waals surface area contributed by atoms with Gasteiger partial charge in [0.1, 0.15) is 11.5 Å². The third-order valence-corrected chi connectivity index (χ3v) is 6.12. The number of hydrogen-bond acceptors (Lipinski definition) is 3. The van der Waals surface area contributed by atoms with Gasteiger partial charge in [-0.05, 0) is 30.3 Å². The van der Waals surface area contributed by atoms with E-state index in [-0.39, 0.29) is 0 Å². The largest absolute Gasteiger partial charge is 0.346 e. The Labute approximate surface area is 168 Å². The predicted octanol–water partition coefficient (Wildman–Crippen LogP) is 6.66. The number of thiophene rings is 1. The van der Waals surface area contributed by atoms with Crippen LogP contribution < -0.4 is 0 Å². The van der Waals surface area contributed by atoms with Crippen molar-refractivity contribution in [3.63, 3.8) is 0 Å². The van der Waals surface area contributed by atoms with E-state index in [4.69, 9.17) is 23.2 Å². The monoisotopic (exact) mass is 410 g/mol. The number of benzene rings is 1. The van der Waals surface area contributed by atoms with Crippen molar-refractivity contribution < 1.29 is 0 Å².